The van der Waals surface area contributed by atoms with Gasteiger partial charge in [-0.05, 0) is 31.5 Å². The third-order valence-electron chi connectivity index (χ3n) is 4.72. The molecule has 28 heavy (non-hydrogen) atoms. The van der Waals surface area contributed by atoms with Crippen LogP contribution < -0.4 is 16.0 Å². The number of anilines is 2. The van der Waals surface area contributed by atoms with Crippen molar-refractivity contribution in [2.75, 3.05) is 23.7 Å². The number of nitriles is 1. The number of carbonyl (C=O) groups is 1. The molecular weight excluding hydrogens is 372 g/mol. The summed E-state index contributed by atoms with van der Waals surface area (Å²) in [4.78, 5) is 22.6. The van der Waals surface area contributed by atoms with Crippen LogP contribution in [0.2, 0.25) is 0 Å². The second kappa shape index (κ2) is 8.33. The molecular formula is C20H20N6OS. The minimum Gasteiger partial charge on any atom is -0.365 e. The third-order valence-corrected chi connectivity index (χ3v) is 5.60. The maximum Gasteiger partial charge on any atom is 0.258 e. The zero-order valence-corrected chi connectivity index (χ0v) is 16.1. The lowest BCUT2D eigenvalue weighted by Crippen LogP contribution is -2.31. The second-order valence-corrected chi connectivity index (χ2v) is 7.57. The molecule has 1 aromatic carbocycles. The standard InChI is InChI=1S/C20H20N6OS/c21-9-13-5-1-2-7-16(13)25-19(27)15-12-28-20-18(15)26-17(11-23-20)24-14-6-3-4-8-22-10-14/h1-2,5,7,11-12,14,22H,3-4,6,8,10H2,(H,24,26)(H,25,27). The number of aromatic nitrogens is 2. The summed E-state index contributed by atoms with van der Waals surface area (Å²) in [6.45, 7) is 1.93. The first-order chi connectivity index (χ1) is 13.7. The number of para-hydroxylation sites is 1. The highest BCUT2D eigenvalue weighted by molar-refractivity contribution is 7.17. The van der Waals surface area contributed by atoms with Gasteiger partial charge in [0.15, 0.2) is 0 Å². The van der Waals surface area contributed by atoms with Gasteiger partial charge in [-0.25, -0.2) is 9.97 Å². The third kappa shape index (κ3) is 3.96. The molecule has 1 saturated heterocycles. The zero-order chi connectivity index (χ0) is 19.3. The molecule has 1 aliphatic rings. The molecule has 1 atom stereocenters. The SMILES string of the molecule is N#Cc1ccccc1NC(=O)c1csc2ncc(NC3CCCCNC3)nc12. The highest BCUT2D eigenvalue weighted by atomic mass is 32.1. The van der Waals surface area contributed by atoms with Crippen molar-refractivity contribution in [3.8, 4) is 6.07 Å². The molecule has 3 heterocycles. The first-order valence-electron chi connectivity index (χ1n) is 9.26. The number of hydrogen-bond acceptors (Lipinski definition) is 7. The predicted octanol–water partition coefficient (Wildman–Crippen LogP) is 3.37. The van der Waals surface area contributed by atoms with Gasteiger partial charge < -0.3 is 16.0 Å². The molecule has 1 unspecified atom stereocenters. The van der Waals surface area contributed by atoms with E-state index in [2.05, 4.69) is 32.0 Å². The first kappa shape index (κ1) is 18.3. The van der Waals surface area contributed by atoms with Crippen molar-refractivity contribution in [2.45, 2.75) is 25.3 Å². The number of fused-ring (bicyclic) bond motifs is 1. The molecule has 1 amide bonds. The molecule has 3 aromatic rings. The number of amides is 1. The monoisotopic (exact) mass is 392 g/mol. The maximum atomic E-state index is 12.8. The van der Waals surface area contributed by atoms with E-state index in [1.165, 1.54) is 24.2 Å². The van der Waals surface area contributed by atoms with Crippen LogP contribution in [0.3, 0.4) is 0 Å². The molecule has 3 N–H and O–H groups in total. The van der Waals surface area contributed by atoms with Gasteiger partial charge in [-0.3, -0.25) is 4.79 Å². The van der Waals surface area contributed by atoms with E-state index >= 15 is 0 Å². The first-order valence-corrected chi connectivity index (χ1v) is 10.1. The van der Waals surface area contributed by atoms with Crippen molar-refractivity contribution < 1.29 is 4.79 Å². The van der Waals surface area contributed by atoms with Gasteiger partial charge in [0.2, 0.25) is 0 Å². The summed E-state index contributed by atoms with van der Waals surface area (Å²) < 4.78 is 0. The normalized spacial score (nSPS) is 16.9. The molecule has 1 aliphatic heterocycles. The highest BCUT2D eigenvalue weighted by Gasteiger charge is 2.18. The quantitative estimate of drug-likeness (QED) is 0.629. The van der Waals surface area contributed by atoms with Crippen LogP contribution in [0.5, 0.6) is 0 Å². The van der Waals surface area contributed by atoms with Crippen LogP contribution in [0.1, 0.15) is 35.2 Å². The molecule has 0 saturated carbocycles. The Bertz CT molecular complexity index is 1030. The Morgan fingerprint density at radius 2 is 2.21 bits per heavy atom. The Kier molecular flexibility index (Phi) is 5.46. The lowest BCUT2D eigenvalue weighted by molar-refractivity contribution is 0.102. The second-order valence-electron chi connectivity index (χ2n) is 6.71. The Balaban J connectivity index is 1.57. The van der Waals surface area contributed by atoms with Crippen LogP contribution in [0, 0.1) is 11.3 Å². The van der Waals surface area contributed by atoms with Crippen LogP contribution >= 0.6 is 11.3 Å². The lowest BCUT2D eigenvalue weighted by Gasteiger charge is -2.16. The highest BCUT2D eigenvalue weighted by Crippen LogP contribution is 2.25. The van der Waals surface area contributed by atoms with Crippen molar-refractivity contribution in [1.29, 1.82) is 5.26 Å². The summed E-state index contributed by atoms with van der Waals surface area (Å²) in [6, 6.07) is 9.31. The molecule has 0 radical (unpaired) electrons. The summed E-state index contributed by atoms with van der Waals surface area (Å²) in [5, 5.41) is 20.6. The molecule has 142 valence electrons. The van der Waals surface area contributed by atoms with E-state index in [1.807, 2.05) is 0 Å². The molecule has 4 rings (SSSR count). The number of nitrogens with one attached hydrogen (secondary N) is 3. The minimum atomic E-state index is -0.295. The smallest absolute Gasteiger partial charge is 0.258 e. The summed E-state index contributed by atoms with van der Waals surface area (Å²) in [6.07, 6.45) is 5.15. The fourth-order valence-electron chi connectivity index (χ4n) is 3.27. The summed E-state index contributed by atoms with van der Waals surface area (Å²) in [5.74, 6) is 0.377. The average Bonchev–Trinajstić information content (AvgIpc) is 2.97. The van der Waals surface area contributed by atoms with Gasteiger partial charge in [-0.1, -0.05) is 18.6 Å². The van der Waals surface area contributed by atoms with Gasteiger partial charge in [-0.2, -0.15) is 5.26 Å². The van der Waals surface area contributed by atoms with E-state index in [1.54, 1.807) is 35.8 Å². The van der Waals surface area contributed by atoms with Crippen molar-refractivity contribution in [1.82, 2.24) is 15.3 Å². The summed E-state index contributed by atoms with van der Waals surface area (Å²) in [5.41, 5.74) is 1.94. The molecule has 2 aromatic heterocycles. The minimum absolute atomic E-state index is 0.295. The molecule has 7 nitrogen and oxygen atoms in total. The van der Waals surface area contributed by atoms with E-state index in [9.17, 15) is 10.1 Å². The lowest BCUT2D eigenvalue weighted by atomic mass is 10.1. The zero-order valence-electron chi connectivity index (χ0n) is 15.2. The summed E-state index contributed by atoms with van der Waals surface area (Å²) >= 11 is 1.38. The van der Waals surface area contributed by atoms with E-state index in [4.69, 9.17) is 0 Å². The summed E-state index contributed by atoms with van der Waals surface area (Å²) in [7, 11) is 0. The number of thiophene rings is 1. The van der Waals surface area contributed by atoms with Crippen LogP contribution in [0.4, 0.5) is 11.5 Å². The van der Waals surface area contributed by atoms with Gasteiger partial charge >= 0.3 is 0 Å². The van der Waals surface area contributed by atoms with Crippen LogP contribution in [-0.4, -0.2) is 35.0 Å². The predicted molar refractivity (Wildman–Crippen MR) is 111 cm³/mol. The molecule has 1 fully saturated rings. The van der Waals surface area contributed by atoms with Crippen molar-refractivity contribution in [2.24, 2.45) is 0 Å². The Hall–Kier alpha value is -3.02. The van der Waals surface area contributed by atoms with Crippen LogP contribution in [0.15, 0.2) is 35.8 Å². The Morgan fingerprint density at radius 3 is 3.11 bits per heavy atom. The number of hydrogen-bond donors (Lipinski definition) is 3. The van der Waals surface area contributed by atoms with Crippen LogP contribution in [-0.2, 0) is 0 Å². The molecule has 0 bridgehead atoms. The number of benzene rings is 1. The van der Waals surface area contributed by atoms with E-state index in [0.29, 0.717) is 39.0 Å². The van der Waals surface area contributed by atoms with Crippen molar-refractivity contribution in [3.05, 3.63) is 47.0 Å². The van der Waals surface area contributed by atoms with Gasteiger partial charge in [0.1, 0.15) is 22.2 Å². The maximum absolute atomic E-state index is 12.8. The molecule has 8 heteroatoms. The Morgan fingerprint density at radius 1 is 1.32 bits per heavy atom. The van der Waals surface area contributed by atoms with Crippen LogP contribution in [0.25, 0.3) is 10.3 Å². The van der Waals surface area contributed by atoms with E-state index in [0.717, 1.165) is 19.5 Å². The van der Waals surface area contributed by atoms with E-state index in [-0.39, 0.29) is 5.91 Å². The number of carbonyl (C=O) groups excluding carboxylic acids is 1. The largest absolute Gasteiger partial charge is 0.365 e. The van der Waals surface area contributed by atoms with Crippen molar-refractivity contribution in [3.63, 3.8) is 0 Å². The van der Waals surface area contributed by atoms with Crippen molar-refractivity contribution >= 4 is 39.1 Å². The fraction of sp³-hybridized carbons (Fsp3) is 0.300. The topological polar surface area (TPSA) is 103 Å². The molecule has 0 spiro atoms. The van der Waals surface area contributed by atoms with Gasteiger partial charge in [0.25, 0.3) is 5.91 Å². The van der Waals surface area contributed by atoms with Gasteiger partial charge in [-0.15, -0.1) is 11.3 Å². The Labute approximate surface area is 166 Å². The average molecular weight is 392 g/mol. The number of nitrogens with zero attached hydrogens (tertiary/aromatic N) is 3. The van der Waals surface area contributed by atoms with E-state index < -0.39 is 0 Å². The van der Waals surface area contributed by atoms with Gasteiger partial charge in [0, 0.05) is 18.0 Å². The molecule has 0 aliphatic carbocycles. The fourth-order valence-corrected chi connectivity index (χ4v) is 4.10. The number of rotatable bonds is 4. The van der Waals surface area contributed by atoms with Gasteiger partial charge in [0.05, 0.1) is 23.0 Å².